The molecule has 1 heterocycles. The van der Waals surface area contributed by atoms with E-state index in [0.717, 1.165) is 0 Å². The van der Waals surface area contributed by atoms with Crippen LogP contribution in [-0.2, 0) is 0 Å². The second kappa shape index (κ2) is 6.35. The zero-order chi connectivity index (χ0) is 15.4. The van der Waals surface area contributed by atoms with Crippen LogP contribution < -0.4 is 10.2 Å². The van der Waals surface area contributed by atoms with E-state index in [1.54, 1.807) is 36.4 Å². The summed E-state index contributed by atoms with van der Waals surface area (Å²) in [5, 5.41) is 3.13. The quantitative estimate of drug-likeness (QED) is 0.938. The van der Waals surface area contributed by atoms with Crippen LogP contribution in [0.2, 0.25) is 0 Å². The second-order valence-electron chi connectivity index (χ2n) is 5.02. The molecule has 0 spiro atoms. The highest BCUT2D eigenvalue weighted by molar-refractivity contribution is 6.04. The number of para-hydroxylation sites is 1. The van der Waals surface area contributed by atoms with E-state index in [1.165, 1.54) is 18.0 Å². The Kier molecular flexibility index (Phi) is 4.52. The lowest BCUT2D eigenvalue weighted by Gasteiger charge is -2.18. The van der Waals surface area contributed by atoms with E-state index >= 15 is 0 Å². The molecule has 0 atom stereocenters. The second-order valence-corrected chi connectivity index (χ2v) is 5.02. The first-order valence-corrected chi connectivity index (χ1v) is 6.75. The number of rotatable bonds is 4. The molecule has 21 heavy (non-hydrogen) atoms. The van der Waals surface area contributed by atoms with Gasteiger partial charge in [0.15, 0.2) is 0 Å². The highest BCUT2D eigenvalue weighted by Crippen LogP contribution is 2.19. The molecule has 0 radical (unpaired) electrons. The topological polar surface area (TPSA) is 45.2 Å². The van der Waals surface area contributed by atoms with Gasteiger partial charge in [0, 0.05) is 13.1 Å². The minimum absolute atomic E-state index is 0.215. The lowest BCUT2D eigenvalue weighted by Crippen LogP contribution is -2.28. The Morgan fingerprint density at radius 3 is 2.57 bits per heavy atom. The fraction of sp³-hybridized carbons (Fsp3) is 0.250. The summed E-state index contributed by atoms with van der Waals surface area (Å²) in [5.41, 5.74) is 0.498. The number of hydrogen-bond acceptors (Lipinski definition) is 3. The number of aromatic nitrogens is 1. The molecule has 4 nitrogen and oxygen atoms in total. The molecule has 2 aromatic rings. The molecule has 1 aromatic heterocycles. The van der Waals surface area contributed by atoms with E-state index in [4.69, 9.17) is 0 Å². The Hall–Kier alpha value is -2.43. The molecular formula is C16H18FN3O. The Morgan fingerprint density at radius 2 is 1.90 bits per heavy atom. The number of amides is 1. The average Bonchev–Trinajstić information content (AvgIpc) is 2.46. The summed E-state index contributed by atoms with van der Waals surface area (Å²) in [7, 11) is 1.53. The number of benzene rings is 1. The zero-order valence-electron chi connectivity index (χ0n) is 12.3. The fourth-order valence-corrected chi connectivity index (χ4v) is 1.93. The highest BCUT2D eigenvalue weighted by atomic mass is 19.1. The van der Waals surface area contributed by atoms with Gasteiger partial charge in [-0.05, 0) is 38.1 Å². The standard InChI is InChI=1S/C16H18FN3O/c1-11(2)18-15-10-6-8-13(19-15)16(21)20(3)14-9-5-4-7-12(14)17/h4-11H,1-3H3,(H,18,19). The van der Waals surface area contributed by atoms with Gasteiger partial charge in [0.25, 0.3) is 5.91 Å². The zero-order valence-corrected chi connectivity index (χ0v) is 12.3. The van der Waals surface area contributed by atoms with Crippen molar-refractivity contribution in [2.75, 3.05) is 17.3 Å². The summed E-state index contributed by atoms with van der Waals surface area (Å²) in [6, 6.07) is 11.5. The maximum Gasteiger partial charge on any atom is 0.276 e. The van der Waals surface area contributed by atoms with Gasteiger partial charge in [-0.15, -0.1) is 0 Å². The summed E-state index contributed by atoms with van der Waals surface area (Å²) in [6.07, 6.45) is 0. The fourth-order valence-electron chi connectivity index (χ4n) is 1.93. The van der Waals surface area contributed by atoms with Crippen molar-refractivity contribution in [2.24, 2.45) is 0 Å². The third-order valence-corrected chi connectivity index (χ3v) is 2.92. The number of nitrogens with zero attached hydrogens (tertiary/aromatic N) is 2. The predicted octanol–water partition coefficient (Wildman–Crippen LogP) is 3.32. The first-order valence-electron chi connectivity index (χ1n) is 6.75. The van der Waals surface area contributed by atoms with Gasteiger partial charge < -0.3 is 10.2 Å². The van der Waals surface area contributed by atoms with Crippen molar-refractivity contribution < 1.29 is 9.18 Å². The van der Waals surface area contributed by atoms with Crippen LogP contribution in [0.1, 0.15) is 24.3 Å². The maximum absolute atomic E-state index is 13.7. The lowest BCUT2D eigenvalue weighted by atomic mass is 10.2. The summed E-state index contributed by atoms with van der Waals surface area (Å²) >= 11 is 0. The van der Waals surface area contributed by atoms with Gasteiger partial charge in [0.05, 0.1) is 5.69 Å². The average molecular weight is 287 g/mol. The van der Waals surface area contributed by atoms with Crippen molar-refractivity contribution in [2.45, 2.75) is 19.9 Å². The van der Waals surface area contributed by atoms with Gasteiger partial charge >= 0.3 is 0 Å². The van der Waals surface area contributed by atoms with Crippen LogP contribution in [0.3, 0.4) is 0 Å². The van der Waals surface area contributed by atoms with Crippen molar-refractivity contribution in [1.29, 1.82) is 0 Å². The van der Waals surface area contributed by atoms with Crippen LogP contribution in [0.4, 0.5) is 15.9 Å². The number of hydrogen-bond donors (Lipinski definition) is 1. The first kappa shape index (κ1) is 15.0. The molecule has 0 saturated heterocycles. The van der Waals surface area contributed by atoms with Crippen molar-refractivity contribution >= 4 is 17.4 Å². The molecule has 0 bridgehead atoms. The Morgan fingerprint density at radius 1 is 1.19 bits per heavy atom. The van der Waals surface area contributed by atoms with Crippen molar-refractivity contribution in [3.63, 3.8) is 0 Å². The van der Waals surface area contributed by atoms with Gasteiger partial charge in [-0.2, -0.15) is 0 Å². The first-order chi connectivity index (χ1) is 9.99. The van der Waals surface area contributed by atoms with Crippen molar-refractivity contribution in [3.8, 4) is 0 Å². The number of halogens is 1. The molecule has 110 valence electrons. The minimum Gasteiger partial charge on any atom is -0.368 e. The number of pyridine rings is 1. The van der Waals surface area contributed by atoms with Crippen molar-refractivity contribution in [3.05, 3.63) is 54.0 Å². The molecule has 0 aliphatic heterocycles. The van der Waals surface area contributed by atoms with Crippen molar-refractivity contribution in [1.82, 2.24) is 4.98 Å². The number of anilines is 2. The van der Waals surface area contributed by atoms with Gasteiger partial charge in [-0.3, -0.25) is 4.79 Å². The molecule has 1 amide bonds. The molecule has 0 fully saturated rings. The van der Waals surface area contributed by atoms with Crippen LogP contribution in [0.5, 0.6) is 0 Å². The number of carbonyl (C=O) groups excluding carboxylic acids is 1. The SMILES string of the molecule is CC(C)Nc1cccc(C(=O)N(C)c2ccccc2F)n1. The normalized spacial score (nSPS) is 10.5. The summed E-state index contributed by atoms with van der Waals surface area (Å²) < 4.78 is 13.7. The monoisotopic (exact) mass is 287 g/mol. The predicted molar refractivity (Wildman–Crippen MR) is 82.1 cm³/mol. The molecule has 1 N–H and O–H groups in total. The Labute approximate surface area is 123 Å². The van der Waals surface area contributed by atoms with Crippen LogP contribution in [0.15, 0.2) is 42.5 Å². The van der Waals surface area contributed by atoms with Crippen LogP contribution >= 0.6 is 0 Å². The van der Waals surface area contributed by atoms with Gasteiger partial charge in [-0.25, -0.2) is 9.37 Å². The molecule has 1 aromatic carbocycles. The Bertz CT molecular complexity index is 643. The van der Waals surface area contributed by atoms with E-state index in [9.17, 15) is 9.18 Å². The third-order valence-electron chi connectivity index (χ3n) is 2.92. The molecule has 2 rings (SSSR count). The summed E-state index contributed by atoms with van der Waals surface area (Å²) in [6.45, 7) is 3.98. The van der Waals surface area contributed by atoms with E-state index in [-0.39, 0.29) is 23.3 Å². The lowest BCUT2D eigenvalue weighted by molar-refractivity contribution is 0.0987. The van der Waals surface area contributed by atoms with Crippen LogP contribution in [-0.4, -0.2) is 24.0 Å². The van der Waals surface area contributed by atoms with Gasteiger partial charge in [-0.1, -0.05) is 18.2 Å². The highest BCUT2D eigenvalue weighted by Gasteiger charge is 2.17. The molecule has 0 aliphatic rings. The van der Waals surface area contributed by atoms with Gasteiger partial charge in [0.2, 0.25) is 0 Å². The minimum atomic E-state index is -0.440. The molecule has 5 heteroatoms. The number of nitrogens with one attached hydrogen (secondary N) is 1. The largest absolute Gasteiger partial charge is 0.368 e. The maximum atomic E-state index is 13.7. The van der Waals surface area contributed by atoms with E-state index in [1.807, 2.05) is 13.8 Å². The number of carbonyl (C=O) groups is 1. The van der Waals surface area contributed by atoms with Crippen LogP contribution in [0.25, 0.3) is 0 Å². The van der Waals surface area contributed by atoms with E-state index < -0.39 is 5.82 Å². The molecule has 0 aliphatic carbocycles. The van der Waals surface area contributed by atoms with E-state index in [2.05, 4.69) is 10.3 Å². The smallest absolute Gasteiger partial charge is 0.276 e. The molecule has 0 unspecified atom stereocenters. The summed E-state index contributed by atoms with van der Waals surface area (Å²) in [4.78, 5) is 17.9. The van der Waals surface area contributed by atoms with Gasteiger partial charge in [0.1, 0.15) is 17.3 Å². The van der Waals surface area contributed by atoms with E-state index in [0.29, 0.717) is 5.82 Å². The third kappa shape index (κ3) is 3.56. The summed E-state index contributed by atoms with van der Waals surface area (Å²) in [5.74, 6) is -0.171. The molecule has 0 saturated carbocycles. The van der Waals surface area contributed by atoms with Crippen LogP contribution in [0, 0.1) is 5.82 Å². The Balaban J connectivity index is 2.25. The molecular weight excluding hydrogens is 269 g/mol.